The standard InChI is InChI=1S/C18H28O2/c1-2-3-4-5-6-7-8-9-10-11-12-13-14-15-16-17-18(19)20/h2,6-7,9-10,12-13H,1,3-5,8,11,14-17H2,(H,19,20). The highest BCUT2D eigenvalue weighted by molar-refractivity contribution is 5.66. The zero-order chi connectivity index (χ0) is 14.9. The van der Waals surface area contributed by atoms with E-state index in [4.69, 9.17) is 5.11 Å². The second-order valence-electron chi connectivity index (χ2n) is 4.74. The molecule has 0 unspecified atom stereocenters. The van der Waals surface area contributed by atoms with Gasteiger partial charge in [0.25, 0.3) is 0 Å². The van der Waals surface area contributed by atoms with Gasteiger partial charge < -0.3 is 5.11 Å². The number of hydrogen-bond acceptors (Lipinski definition) is 1. The SMILES string of the molecule is C=CCCCC=CCC=CCC=CCCCCC(=O)O. The van der Waals surface area contributed by atoms with E-state index in [1.807, 2.05) is 6.08 Å². The van der Waals surface area contributed by atoms with Crippen LogP contribution in [0.25, 0.3) is 0 Å². The Kier molecular flexibility index (Phi) is 14.3. The molecule has 0 heterocycles. The Labute approximate surface area is 123 Å². The first-order chi connectivity index (χ1) is 9.77. The number of allylic oxidation sites excluding steroid dienone is 7. The van der Waals surface area contributed by atoms with Crippen LogP contribution in [-0.2, 0) is 4.79 Å². The normalized spacial score (nSPS) is 11.8. The number of carbonyl (C=O) groups is 1. The predicted molar refractivity (Wildman–Crippen MR) is 86.8 cm³/mol. The maximum atomic E-state index is 10.3. The lowest BCUT2D eigenvalue weighted by molar-refractivity contribution is -0.137. The molecule has 1 N–H and O–H groups in total. The molecule has 112 valence electrons. The summed E-state index contributed by atoms with van der Waals surface area (Å²) >= 11 is 0. The lowest BCUT2D eigenvalue weighted by Gasteiger charge is -1.92. The largest absolute Gasteiger partial charge is 0.481 e. The third-order valence-electron chi connectivity index (χ3n) is 2.83. The maximum absolute atomic E-state index is 10.3. The van der Waals surface area contributed by atoms with Crippen LogP contribution < -0.4 is 0 Å². The lowest BCUT2D eigenvalue weighted by atomic mass is 10.2. The first-order valence-corrected chi connectivity index (χ1v) is 7.55. The summed E-state index contributed by atoms with van der Waals surface area (Å²) in [4.78, 5) is 10.3. The Morgan fingerprint density at radius 1 is 0.800 bits per heavy atom. The number of hydrogen-bond donors (Lipinski definition) is 1. The van der Waals surface area contributed by atoms with E-state index < -0.39 is 5.97 Å². The van der Waals surface area contributed by atoms with Crippen LogP contribution >= 0.6 is 0 Å². The van der Waals surface area contributed by atoms with Gasteiger partial charge in [-0.1, -0.05) is 42.5 Å². The van der Waals surface area contributed by atoms with Gasteiger partial charge in [-0.25, -0.2) is 0 Å². The molecule has 2 heteroatoms. The van der Waals surface area contributed by atoms with E-state index in [1.54, 1.807) is 0 Å². The molecule has 0 saturated heterocycles. The van der Waals surface area contributed by atoms with E-state index in [0.29, 0.717) is 0 Å². The monoisotopic (exact) mass is 276 g/mol. The summed E-state index contributed by atoms with van der Waals surface area (Å²) in [6, 6.07) is 0. The van der Waals surface area contributed by atoms with Gasteiger partial charge in [0.2, 0.25) is 0 Å². The molecule has 20 heavy (non-hydrogen) atoms. The number of unbranched alkanes of at least 4 members (excludes halogenated alkanes) is 4. The molecule has 0 atom stereocenters. The van der Waals surface area contributed by atoms with Crippen LogP contribution in [-0.4, -0.2) is 11.1 Å². The van der Waals surface area contributed by atoms with Crippen molar-refractivity contribution in [3.05, 3.63) is 49.1 Å². The van der Waals surface area contributed by atoms with E-state index >= 15 is 0 Å². The number of carboxylic acids is 1. The van der Waals surface area contributed by atoms with E-state index in [9.17, 15) is 4.79 Å². The van der Waals surface area contributed by atoms with Crippen LogP contribution in [0.15, 0.2) is 49.1 Å². The molecule has 0 saturated carbocycles. The van der Waals surface area contributed by atoms with Crippen molar-refractivity contribution in [3.63, 3.8) is 0 Å². The molecule has 0 radical (unpaired) electrons. The lowest BCUT2D eigenvalue weighted by Crippen LogP contribution is -1.92. The van der Waals surface area contributed by atoms with Crippen LogP contribution in [0.5, 0.6) is 0 Å². The second kappa shape index (κ2) is 15.5. The minimum Gasteiger partial charge on any atom is -0.481 e. The Morgan fingerprint density at radius 3 is 1.90 bits per heavy atom. The Hall–Kier alpha value is -1.57. The van der Waals surface area contributed by atoms with Crippen LogP contribution in [0.1, 0.15) is 57.8 Å². The summed E-state index contributed by atoms with van der Waals surface area (Å²) in [5, 5.41) is 8.48. The minimum absolute atomic E-state index is 0.285. The van der Waals surface area contributed by atoms with Crippen molar-refractivity contribution in [1.29, 1.82) is 0 Å². The van der Waals surface area contributed by atoms with Gasteiger partial charge in [-0.05, 0) is 51.4 Å². The number of carboxylic acid groups (broad SMARTS) is 1. The minimum atomic E-state index is -0.700. The van der Waals surface area contributed by atoms with Gasteiger partial charge in [0, 0.05) is 6.42 Å². The fraction of sp³-hybridized carbons (Fsp3) is 0.500. The van der Waals surface area contributed by atoms with Crippen molar-refractivity contribution in [3.8, 4) is 0 Å². The van der Waals surface area contributed by atoms with E-state index in [1.165, 1.54) is 6.42 Å². The van der Waals surface area contributed by atoms with Gasteiger partial charge in [0.15, 0.2) is 0 Å². The summed E-state index contributed by atoms with van der Waals surface area (Å²) in [6.45, 7) is 3.70. The third-order valence-corrected chi connectivity index (χ3v) is 2.83. The molecule has 0 amide bonds. The van der Waals surface area contributed by atoms with Crippen molar-refractivity contribution in [2.75, 3.05) is 0 Å². The van der Waals surface area contributed by atoms with Crippen LogP contribution in [0.4, 0.5) is 0 Å². The zero-order valence-electron chi connectivity index (χ0n) is 12.5. The summed E-state index contributed by atoms with van der Waals surface area (Å²) in [5.41, 5.74) is 0. The Morgan fingerprint density at radius 2 is 1.35 bits per heavy atom. The zero-order valence-corrected chi connectivity index (χ0v) is 12.5. The molecule has 0 fully saturated rings. The quantitative estimate of drug-likeness (QED) is 0.359. The summed E-state index contributed by atoms with van der Waals surface area (Å²) in [7, 11) is 0. The summed E-state index contributed by atoms with van der Waals surface area (Å²) < 4.78 is 0. The van der Waals surface area contributed by atoms with Crippen molar-refractivity contribution in [1.82, 2.24) is 0 Å². The molecule has 0 aliphatic rings. The first-order valence-electron chi connectivity index (χ1n) is 7.55. The molecule has 0 aromatic carbocycles. The average Bonchev–Trinajstić information content (AvgIpc) is 2.43. The van der Waals surface area contributed by atoms with Crippen molar-refractivity contribution in [2.24, 2.45) is 0 Å². The first kappa shape index (κ1) is 18.4. The van der Waals surface area contributed by atoms with Crippen LogP contribution in [0, 0.1) is 0 Å². The fourth-order valence-electron chi connectivity index (χ4n) is 1.70. The maximum Gasteiger partial charge on any atom is 0.303 e. The highest BCUT2D eigenvalue weighted by atomic mass is 16.4. The molecule has 0 aliphatic carbocycles. The highest BCUT2D eigenvalue weighted by Crippen LogP contribution is 2.02. The van der Waals surface area contributed by atoms with Crippen LogP contribution in [0.2, 0.25) is 0 Å². The number of aliphatic carboxylic acids is 1. The van der Waals surface area contributed by atoms with Gasteiger partial charge in [-0.3, -0.25) is 4.79 Å². The van der Waals surface area contributed by atoms with Gasteiger partial charge in [-0.15, -0.1) is 6.58 Å². The average molecular weight is 276 g/mol. The molecule has 0 aliphatic heterocycles. The third kappa shape index (κ3) is 16.4. The van der Waals surface area contributed by atoms with E-state index in [2.05, 4.69) is 43.0 Å². The smallest absolute Gasteiger partial charge is 0.303 e. The molecule has 0 aromatic rings. The van der Waals surface area contributed by atoms with Gasteiger partial charge in [0.1, 0.15) is 0 Å². The molecule has 0 rings (SSSR count). The fourth-order valence-corrected chi connectivity index (χ4v) is 1.70. The predicted octanol–water partition coefficient (Wildman–Crippen LogP) is 5.44. The van der Waals surface area contributed by atoms with Crippen molar-refractivity contribution < 1.29 is 9.90 Å². The van der Waals surface area contributed by atoms with Gasteiger partial charge in [0.05, 0.1) is 0 Å². The highest BCUT2D eigenvalue weighted by Gasteiger charge is 1.93. The summed E-state index contributed by atoms with van der Waals surface area (Å²) in [5.74, 6) is -0.700. The molecule has 0 spiro atoms. The molecular formula is C18H28O2. The Balaban J connectivity index is 3.33. The van der Waals surface area contributed by atoms with Gasteiger partial charge >= 0.3 is 5.97 Å². The van der Waals surface area contributed by atoms with Gasteiger partial charge in [-0.2, -0.15) is 0 Å². The topological polar surface area (TPSA) is 37.3 Å². The molecule has 0 aromatic heterocycles. The summed E-state index contributed by atoms with van der Waals surface area (Å²) in [6.07, 6.45) is 23.4. The molecule has 2 nitrogen and oxygen atoms in total. The van der Waals surface area contributed by atoms with Crippen molar-refractivity contribution >= 4 is 5.97 Å². The van der Waals surface area contributed by atoms with E-state index in [-0.39, 0.29) is 6.42 Å². The van der Waals surface area contributed by atoms with E-state index in [0.717, 1.165) is 44.9 Å². The van der Waals surface area contributed by atoms with Crippen LogP contribution in [0.3, 0.4) is 0 Å². The molecule has 0 bridgehead atoms. The molecular weight excluding hydrogens is 248 g/mol. The second-order valence-corrected chi connectivity index (χ2v) is 4.74. The van der Waals surface area contributed by atoms with Crippen molar-refractivity contribution in [2.45, 2.75) is 57.8 Å². The number of rotatable bonds is 13. The Bertz CT molecular complexity index is 324.